The third kappa shape index (κ3) is 3.51. The van der Waals surface area contributed by atoms with Crippen LogP contribution in [0.4, 0.5) is 0 Å². The summed E-state index contributed by atoms with van der Waals surface area (Å²) in [7, 11) is 1.69. The first-order chi connectivity index (χ1) is 11.3. The molecule has 0 amide bonds. The summed E-state index contributed by atoms with van der Waals surface area (Å²) in [5.74, 6) is 3.05. The Balaban J connectivity index is 1.81. The summed E-state index contributed by atoms with van der Waals surface area (Å²) in [6, 6.07) is 7.63. The van der Waals surface area contributed by atoms with Gasteiger partial charge >= 0.3 is 0 Å². The fraction of sp³-hybridized carbons (Fsp3) is 0.375. The summed E-state index contributed by atoms with van der Waals surface area (Å²) < 4.78 is 18.9. The summed E-state index contributed by atoms with van der Waals surface area (Å²) in [5, 5.41) is 9.42. The van der Waals surface area contributed by atoms with Crippen molar-refractivity contribution in [3.05, 3.63) is 42.7 Å². The number of allylic oxidation sites excluding steroid dienone is 1. The average molecular weight is 333 g/mol. The highest BCUT2D eigenvalue weighted by atomic mass is 32.2. The van der Waals surface area contributed by atoms with E-state index in [1.807, 2.05) is 34.9 Å². The van der Waals surface area contributed by atoms with Crippen LogP contribution in [0, 0.1) is 0 Å². The van der Waals surface area contributed by atoms with Gasteiger partial charge in [0.2, 0.25) is 0 Å². The van der Waals surface area contributed by atoms with E-state index in [1.54, 1.807) is 18.9 Å². The van der Waals surface area contributed by atoms with E-state index in [4.69, 9.17) is 14.2 Å². The van der Waals surface area contributed by atoms with E-state index in [9.17, 15) is 0 Å². The fourth-order valence-electron chi connectivity index (χ4n) is 2.31. The Hall–Kier alpha value is -1.99. The highest BCUT2D eigenvalue weighted by Gasteiger charge is 2.28. The van der Waals surface area contributed by atoms with E-state index >= 15 is 0 Å². The number of ether oxygens (including phenoxy) is 3. The Bertz CT molecular complexity index is 674. The van der Waals surface area contributed by atoms with Gasteiger partial charge in [-0.25, -0.2) is 0 Å². The first-order valence-corrected chi connectivity index (χ1v) is 8.36. The van der Waals surface area contributed by atoms with Gasteiger partial charge in [0.05, 0.1) is 6.61 Å². The van der Waals surface area contributed by atoms with E-state index in [0.717, 1.165) is 28.2 Å². The lowest BCUT2D eigenvalue weighted by molar-refractivity contribution is 0.0821. The maximum atomic E-state index is 6.03. The zero-order valence-corrected chi connectivity index (χ0v) is 13.8. The molecule has 7 heteroatoms. The van der Waals surface area contributed by atoms with Gasteiger partial charge in [-0.05, 0) is 12.1 Å². The number of methoxy groups -OCH3 is 1. The van der Waals surface area contributed by atoms with Gasteiger partial charge < -0.3 is 14.2 Å². The molecule has 0 fully saturated rings. The lowest BCUT2D eigenvalue weighted by Gasteiger charge is -2.26. The highest BCUT2D eigenvalue weighted by Crippen LogP contribution is 2.36. The molecule has 1 aliphatic heterocycles. The largest absolute Gasteiger partial charge is 0.485 e. The molecule has 0 spiro atoms. The lowest BCUT2D eigenvalue weighted by Crippen LogP contribution is -2.25. The van der Waals surface area contributed by atoms with Gasteiger partial charge in [0.15, 0.2) is 28.6 Å². The number of hydrogen-bond donors (Lipinski definition) is 0. The number of benzene rings is 1. The van der Waals surface area contributed by atoms with Crippen LogP contribution in [0.5, 0.6) is 11.5 Å². The van der Waals surface area contributed by atoms with Crippen LogP contribution in [0.1, 0.15) is 11.9 Å². The normalized spacial score (nSPS) is 16.3. The molecule has 0 saturated carbocycles. The van der Waals surface area contributed by atoms with Crippen LogP contribution in [0.3, 0.4) is 0 Å². The Morgan fingerprint density at radius 1 is 1.39 bits per heavy atom. The van der Waals surface area contributed by atoms with Crippen LogP contribution in [-0.4, -0.2) is 40.8 Å². The quantitative estimate of drug-likeness (QED) is 0.441. The number of aromatic nitrogens is 3. The zero-order valence-electron chi connectivity index (χ0n) is 13.0. The number of thioether (sulfide) groups is 1. The zero-order chi connectivity index (χ0) is 16.1. The van der Waals surface area contributed by atoms with Crippen molar-refractivity contribution in [2.24, 2.45) is 0 Å². The minimum absolute atomic E-state index is 0.283. The molecule has 0 radical (unpaired) electrons. The van der Waals surface area contributed by atoms with Crippen molar-refractivity contribution in [3.63, 3.8) is 0 Å². The van der Waals surface area contributed by atoms with Crippen LogP contribution in [-0.2, 0) is 11.3 Å². The molecule has 1 unspecified atom stereocenters. The minimum atomic E-state index is -0.283. The van der Waals surface area contributed by atoms with Crippen molar-refractivity contribution in [3.8, 4) is 11.5 Å². The number of fused-ring (bicyclic) bond motifs is 1. The third-order valence-electron chi connectivity index (χ3n) is 3.37. The third-order valence-corrected chi connectivity index (χ3v) is 4.30. The van der Waals surface area contributed by atoms with Crippen LogP contribution in [0.25, 0.3) is 0 Å². The molecule has 0 N–H and O–H groups in total. The van der Waals surface area contributed by atoms with Gasteiger partial charge in [0, 0.05) is 19.4 Å². The molecule has 1 aromatic carbocycles. The molecule has 23 heavy (non-hydrogen) atoms. The lowest BCUT2D eigenvalue weighted by atomic mass is 10.2. The highest BCUT2D eigenvalue weighted by molar-refractivity contribution is 7.99. The molecule has 1 atom stereocenters. The molecule has 1 aromatic heterocycles. The maximum absolute atomic E-state index is 6.03. The summed E-state index contributed by atoms with van der Waals surface area (Å²) in [5.41, 5.74) is 0. The van der Waals surface area contributed by atoms with Gasteiger partial charge in [-0.2, -0.15) is 0 Å². The second-order valence-corrected chi connectivity index (χ2v) is 6.01. The topological polar surface area (TPSA) is 58.4 Å². The molecular weight excluding hydrogens is 314 g/mol. The van der Waals surface area contributed by atoms with Crippen LogP contribution < -0.4 is 9.47 Å². The van der Waals surface area contributed by atoms with Crippen molar-refractivity contribution >= 4 is 11.8 Å². The van der Waals surface area contributed by atoms with Crippen molar-refractivity contribution in [2.75, 3.05) is 26.1 Å². The first-order valence-electron chi connectivity index (χ1n) is 7.37. The van der Waals surface area contributed by atoms with Crippen molar-refractivity contribution in [2.45, 2.75) is 17.8 Å². The van der Waals surface area contributed by atoms with Crippen LogP contribution in [0.15, 0.2) is 42.1 Å². The molecule has 0 saturated heterocycles. The smallest absolute Gasteiger partial charge is 0.192 e. The average Bonchev–Trinajstić information content (AvgIpc) is 2.98. The second-order valence-electron chi connectivity index (χ2n) is 4.95. The van der Waals surface area contributed by atoms with E-state index < -0.39 is 0 Å². The van der Waals surface area contributed by atoms with E-state index in [2.05, 4.69) is 16.8 Å². The van der Waals surface area contributed by atoms with Crippen LogP contribution >= 0.6 is 11.8 Å². The maximum Gasteiger partial charge on any atom is 0.192 e. The Labute approximate surface area is 139 Å². The predicted molar refractivity (Wildman–Crippen MR) is 88.1 cm³/mol. The molecule has 0 bridgehead atoms. The van der Waals surface area contributed by atoms with Gasteiger partial charge in [0.1, 0.15) is 6.61 Å². The van der Waals surface area contributed by atoms with Gasteiger partial charge in [-0.15, -0.1) is 16.8 Å². The van der Waals surface area contributed by atoms with E-state index in [-0.39, 0.29) is 6.10 Å². The van der Waals surface area contributed by atoms with E-state index in [1.165, 1.54) is 0 Å². The van der Waals surface area contributed by atoms with Gasteiger partial charge in [-0.1, -0.05) is 30.0 Å². The molecule has 6 nitrogen and oxygen atoms in total. The fourth-order valence-corrected chi connectivity index (χ4v) is 3.16. The van der Waals surface area contributed by atoms with Crippen molar-refractivity contribution in [1.82, 2.24) is 14.8 Å². The van der Waals surface area contributed by atoms with Crippen LogP contribution in [0.2, 0.25) is 0 Å². The Morgan fingerprint density at radius 2 is 2.22 bits per heavy atom. The summed E-state index contributed by atoms with van der Waals surface area (Å²) in [4.78, 5) is 0. The summed E-state index contributed by atoms with van der Waals surface area (Å²) in [6.45, 7) is 5.51. The van der Waals surface area contributed by atoms with E-state index in [0.29, 0.717) is 19.8 Å². The molecule has 2 heterocycles. The molecular formula is C16H19N3O3S. The molecule has 122 valence electrons. The number of nitrogens with zero attached hydrogens (tertiary/aromatic N) is 3. The molecule has 0 aliphatic carbocycles. The number of rotatable bonds is 7. The standard InChI is InChI=1S/C16H19N3O3S/c1-3-8-19-15(17-18-16(19)23-10-9-20-2)14-11-21-12-6-4-5-7-13(12)22-14/h3-7,14H,1,8-11H2,2H3. The molecule has 1 aliphatic rings. The molecule has 2 aromatic rings. The summed E-state index contributed by atoms with van der Waals surface area (Å²) >= 11 is 1.60. The second kappa shape index (κ2) is 7.52. The number of hydrogen-bond acceptors (Lipinski definition) is 6. The van der Waals surface area contributed by atoms with Crippen molar-refractivity contribution < 1.29 is 14.2 Å². The SMILES string of the molecule is C=CCn1c(SCCOC)nnc1C1COc2ccccc2O1. The molecule has 3 rings (SSSR count). The minimum Gasteiger partial charge on any atom is -0.485 e. The Kier molecular flexibility index (Phi) is 5.19. The first kappa shape index (κ1) is 15.9. The Morgan fingerprint density at radius 3 is 3.00 bits per heavy atom. The predicted octanol–water partition coefficient (Wildman–Crippen LogP) is 2.72. The monoisotopic (exact) mass is 333 g/mol. The van der Waals surface area contributed by atoms with Crippen molar-refractivity contribution in [1.29, 1.82) is 0 Å². The summed E-state index contributed by atoms with van der Waals surface area (Å²) in [6.07, 6.45) is 1.54. The van der Waals surface area contributed by atoms with Gasteiger partial charge in [-0.3, -0.25) is 4.57 Å². The van der Waals surface area contributed by atoms with Gasteiger partial charge in [0.25, 0.3) is 0 Å². The number of para-hydroxylation sites is 2.